The van der Waals surface area contributed by atoms with E-state index in [0.717, 1.165) is 30.1 Å². The lowest BCUT2D eigenvalue weighted by atomic mass is 10.00. The molecular formula is C12H20N4OS2. The maximum absolute atomic E-state index is 12.5. The molecule has 0 aromatic carbocycles. The van der Waals surface area contributed by atoms with E-state index in [1.807, 2.05) is 11.8 Å². The average molecular weight is 300 g/mol. The van der Waals surface area contributed by atoms with Crippen molar-refractivity contribution in [1.82, 2.24) is 15.1 Å². The summed E-state index contributed by atoms with van der Waals surface area (Å²) in [5.74, 6) is 0.213. The summed E-state index contributed by atoms with van der Waals surface area (Å²) in [7, 11) is 0. The fraction of sp³-hybridized carbons (Fsp3) is 0.750. The summed E-state index contributed by atoms with van der Waals surface area (Å²) in [6.07, 6.45) is 4.52. The van der Waals surface area contributed by atoms with Gasteiger partial charge < -0.3 is 10.6 Å². The van der Waals surface area contributed by atoms with Crippen LogP contribution < -0.4 is 5.73 Å². The summed E-state index contributed by atoms with van der Waals surface area (Å²) in [6.45, 7) is 4.98. The van der Waals surface area contributed by atoms with E-state index in [9.17, 15) is 4.79 Å². The molecule has 2 atom stereocenters. The molecule has 5 nitrogen and oxygen atoms in total. The van der Waals surface area contributed by atoms with Gasteiger partial charge in [0.15, 0.2) is 4.34 Å². The van der Waals surface area contributed by atoms with E-state index in [-0.39, 0.29) is 11.2 Å². The molecule has 1 aliphatic heterocycles. The Morgan fingerprint density at radius 2 is 2.37 bits per heavy atom. The Morgan fingerprint density at radius 3 is 3.00 bits per heavy atom. The molecule has 1 aromatic heterocycles. The van der Waals surface area contributed by atoms with Gasteiger partial charge in [-0.1, -0.05) is 30.0 Å². The molecule has 1 fully saturated rings. The lowest BCUT2D eigenvalue weighted by Crippen LogP contribution is -2.46. The quantitative estimate of drug-likeness (QED) is 0.864. The zero-order valence-electron chi connectivity index (χ0n) is 11.3. The largest absolute Gasteiger partial charge is 0.374 e. The summed E-state index contributed by atoms with van der Waals surface area (Å²) in [4.78, 5) is 14.6. The number of nitrogens with zero attached hydrogens (tertiary/aromatic N) is 3. The van der Waals surface area contributed by atoms with Crippen LogP contribution in [0.2, 0.25) is 0 Å². The number of nitrogen functional groups attached to an aromatic ring is 1. The van der Waals surface area contributed by atoms with Crippen LogP contribution in [0.25, 0.3) is 0 Å². The van der Waals surface area contributed by atoms with Crippen LogP contribution in [-0.2, 0) is 4.79 Å². The summed E-state index contributed by atoms with van der Waals surface area (Å²) < 4.78 is 0.767. The minimum absolute atomic E-state index is 0.125. The molecule has 0 unspecified atom stereocenters. The molecule has 106 valence electrons. The van der Waals surface area contributed by atoms with Crippen LogP contribution in [0.1, 0.15) is 39.5 Å². The first-order chi connectivity index (χ1) is 9.11. The molecule has 1 aromatic rings. The predicted octanol–water partition coefficient (Wildman–Crippen LogP) is 2.39. The number of carbonyl (C=O) groups excluding carboxylic acids is 1. The average Bonchev–Trinajstić information content (AvgIpc) is 2.83. The molecule has 2 heterocycles. The number of likely N-dealkylation sites (tertiary alicyclic amines) is 1. The van der Waals surface area contributed by atoms with E-state index >= 15 is 0 Å². The number of piperidine rings is 1. The highest BCUT2D eigenvalue weighted by Gasteiger charge is 2.29. The second-order valence-corrected chi connectivity index (χ2v) is 7.35. The molecule has 2 N–H and O–H groups in total. The minimum Gasteiger partial charge on any atom is -0.374 e. The van der Waals surface area contributed by atoms with Gasteiger partial charge in [-0.25, -0.2) is 0 Å². The Hall–Kier alpha value is -0.820. The fourth-order valence-corrected chi connectivity index (χ4v) is 4.27. The van der Waals surface area contributed by atoms with Crippen LogP contribution in [0.4, 0.5) is 5.13 Å². The van der Waals surface area contributed by atoms with Crippen molar-refractivity contribution in [2.75, 3.05) is 12.3 Å². The molecule has 0 saturated carbocycles. The van der Waals surface area contributed by atoms with Gasteiger partial charge in [-0.05, 0) is 32.6 Å². The van der Waals surface area contributed by atoms with Gasteiger partial charge in [-0.15, -0.1) is 10.2 Å². The number of rotatable bonds is 4. The topological polar surface area (TPSA) is 72.1 Å². The van der Waals surface area contributed by atoms with Gasteiger partial charge in [0, 0.05) is 12.6 Å². The Labute approximate surface area is 122 Å². The van der Waals surface area contributed by atoms with E-state index in [1.54, 1.807) is 0 Å². The normalized spacial score (nSPS) is 21.4. The van der Waals surface area contributed by atoms with Gasteiger partial charge in [-0.3, -0.25) is 4.79 Å². The summed E-state index contributed by atoms with van der Waals surface area (Å²) in [5.41, 5.74) is 5.55. The summed E-state index contributed by atoms with van der Waals surface area (Å²) >= 11 is 2.79. The molecular weight excluding hydrogens is 280 g/mol. The zero-order chi connectivity index (χ0) is 13.8. The second kappa shape index (κ2) is 6.56. The van der Waals surface area contributed by atoms with Crippen molar-refractivity contribution >= 4 is 34.1 Å². The highest BCUT2D eigenvalue weighted by atomic mass is 32.2. The number of anilines is 1. The van der Waals surface area contributed by atoms with Gasteiger partial charge >= 0.3 is 0 Å². The standard InChI is InChI=1S/C12H20N4OS2/c1-3-9-6-4-5-7-16(9)10(17)8(2)18-12-15-14-11(13)19-12/h8-9H,3-7H2,1-2H3,(H2,13,14)/t8-,9-/m0/s1. The second-order valence-electron chi connectivity index (χ2n) is 4.76. The van der Waals surface area contributed by atoms with E-state index < -0.39 is 0 Å². The molecule has 1 aliphatic rings. The number of hydrogen-bond donors (Lipinski definition) is 1. The van der Waals surface area contributed by atoms with Crippen LogP contribution in [0, 0.1) is 0 Å². The monoisotopic (exact) mass is 300 g/mol. The van der Waals surface area contributed by atoms with E-state index in [1.165, 1.54) is 29.5 Å². The minimum atomic E-state index is -0.125. The van der Waals surface area contributed by atoms with Crippen LogP contribution >= 0.6 is 23.1 Å². The Balaban J connectivity index is 1.97. The SMILES string of the molecule is CC[C@H]1CCCCN1C(=O)[C@H](C)Sc1nnc(N)s1. The number of hydrogen-bond acceptors (Lipinski definition) is 6. The van der Waals surface area contributed by atoms with E-state index in [0.29, 0.717) is 11.2 Å². The van der Waals surface area contributed by atoms with Gasteiger partial charge in [0.25, 0.3) is 0 Å². The van der Waals surface area contributed by atoms with Crippen molar-refractivity contribution in [3.63, 3.8) is 0 Å². The predicted molar refractivity (Wildman–Crippen MR) is 79.3 cm³/mol. The number of nitrogens with two attached hydrogens (primary N) is 1. The van der Waals surface area contributed by atoms with Crippen molar-refractivity contribution in [3.05, 3.63) is 0 Å². The maximum atomic E-state index is 12.5. The zero-order valence-corrected chi connectivity index (χ0v) is 13.0. The van der Waals surface area contributed by atoms with Gasteiger partial charge in [0.2, 0.25) is 11.0 Å². The molecule has 0 bridgehead atoms. The number of carbonyl (C=O) groups is 1. The lowest BCUT2D eigenvalue weighted by Gasteiger charge is -2.36. The third kappa shape index (κ3) is 3.60. The highest BCUT2D eigenvalue weighted by molar-refractivity contribution is 8.02. The number of amides is 1. The molecule has 0 aliphatic carbocycles. The van der Waals surface area contributed by atoms with Crippen LogP contribution in [0.3, 0.4) is 0 Å². The van der Waals surface area contributed by atoms with Gasteiger partial charge in [-0.2, -0.15) is 0 Å². The molecule has 0 spiro atoms. The highest BCUT2D eigenvalue weighted by Crippen LogP contribution is 2.30. The van der Waals surface area contributed by atoms with E-state index in [2.05, 4.69) is 17.1 Å². The van der Waals surface area contributed by atoms with Crippen LogP contribution in [0.5, 0.6) is 0 Å². The summed E-state index contributed by atoms with van der Waals surface area (Å²) in [6, 6.07) is 0.406. The van der Waals surface area contributed by atoms with Crippen molar-refractivity contribution in [3.8, 4) is 0 Å². The molecule has 0 radical (unpaired) electrons. The smallest absolute Gasteiger partial charge is 0.236 e. The fourth-order valence-electron chi connectivity index (χ4n) is 2.42. The van der Waals surface area contributed by atoms with Crippen molar-refractivity contribution in [2.45, 2.75) is 55.2 Å². The molecule has 1 amide bonds. The Kier molecular flexibility index (Phi) is 5.04. The first-order valence-corrected chi connectivity index (χ1v) is 8.37. The van der Waals surface area contributed by atoms with Crippen molar-refractivity contribution < 1.29 is 4.79 Å². The first-order valence-electron chi connectivity index (χ1n) is 6.68. The van der Waals surface area contributed by atoms with Crippen LogP contribution in [0.15, 0.2) is 4.34 Å². The Bertz CT molecular complexity index is 437. The van der Waals surface area contributed by atoms with Gasteiger partial charge in [0.05, 0.1) is 5.25 Å². The Morgan fingerprint density at radius 1 is 1.58 bits per heavy atom. The maximum Gasteiger partial charge on any atom is 0.236 e. The van der Waals surface area contributed by atoms with Crippen molar-refractivity contribution in [1.29, 1.82) is 0 Å². The number of thioether (sulfide) groups is 1. The first kappa shape index (κ1) is 14.6. The number of aromatic nitrogens is 2. The summed E-state index contributed by atoms with van der Waals surface area (Å²) in [5, 5.41) is 8.06. The third-order valence-corrected chi connectivity index (χ3v) is 5.35. The van der Waals surface area contributed by atoms with Gasteiger partial charge in [0.1, 0.15) is 0 Å². The molecule has 2 rings (SSSR count). The van der Waals surface area contributed by atoms with Crippen LogP contribution in [-0.4, -0.2) is 38.8 Å². The molecule has 1 saturated heterocycles. The molecule has 7 heteroatoms. The van der Waals surface area contributed by atoms with E-state index in [4.69, 9.17) is 5.73 Å². The lowest BCUT2D eigenvalue weighted by molar-refractivity contribution is -0.134. The molecule has 19 heavy (non-hydrogen) atoms. The third-order valence-electron chi connectivity index (χ3n) is 3.43. The van der Waals surface area contributed by atoms with Crippen molar-refractivity contribution in [2.24, 2.45) is 0 Å².